The van der Waals surface area contributed by atoms with Crippen LogP contribution in [0.25, 0.3) is 0 Å². The topological polar surface area (TPSA) is 45.0 Å². The average Bonchev–Trinajstić information content (AvgIpc) is 2.43. The van der Waals surface area contributed by atoms with Crippen LogP contribution in [0.4, 0.5) is 15.8 Å². The van der Waals surface area contributed by atoms with E-state index < -0.39 is 5.82 Å². The molecule has 96 valence electrons. The molecule has 3 nitrogen and oxygen atoms in total. The van der Waals surface area contributed by atoms with Crippen molar-refractivity contribution in [2.75, 3.05) is 11.9 Å². The van der Waals surface area contributed by atoms with E-state index in [0.717, 1.165) is 0 Å². The maximum Gasteiger partial charge on any atom is 0.147 e. The highest BCUT2D eigenvalue weighted by atomic mass is 19.1. The Balaban J connectivity index is 2.29. The first-order valence-corrected chi connectivity index (χ1v) is 5.93. The molecule has 0 fully saturated rings. The summed E-state index contributed by atoms with van der Waals surface area (Å²) in [7, 11) is 0. The third-order valence-electron chi connectivity index (χ3n) is 2.55. The summed E-state index contributed by atoms with van der Waals surface area (Å²) in [5.74, 6) is 0.194. The van der Waals surface area contributed by atoms with E-state index in [0.29, 0.717) is 29.3 Å². The van der Waals surface area contributed by atoms with Gasteiger partial charge in [0.05, 0.1) is 29.6 Å². The van der Waals surface area contributed by atoms with Crippen molar-refractivity contribution < 1.29 is 9.13 Å². The van der Waals surface area contributed by atoms with Crippen LogP contribution >= 0.6 is 0 Å². The standard InChI is InChI=1S/C15H13FN2O/c1-2-19-15-6-4-3-5-14(15)18-13-8-7-11(10-17)9-12(13)16/h3-9,18H,2H2,1H3. The van der Waals surface area contributed by atoms with E-state index >= 15 is 0 Å². The summed E-state index contributed by atoms with van der Waals surface area (Å²) < 4.78 is 19.2. The van der Waals surface area contributed by atoms with Gasteiger partial charge in [-0.25, -0.2) is 4.39 Å². The van der Waals surface area contributed by atoms with Crippen molar-refractivity contribution in [2.45, 2.75) is 6.92 Å². The molecule has 0 spiro atoms. The SMILES string of the molecule is CCOc1ccccc1Nc1ccc(C#N)cc1F. The average molecular weight is 256 g/mol. The van der Waals surface area contributed by atoms with Crippen LogP contribution in [-0.4, -0.2) is 6.61 Å². The van der Waals surface area contributed by atoms with Gasteiger partial charge in [-0.15, -0.1) is 0 Å². The zero-order chi connectivity index (χ0) is 13.7. The number of hydrogen-bond acceptors (Lipinski definition) is 3. The number of halogens is 1. The normalized spacial score (nSPS) is 9.74. The molecule has 0 aliphatic carbocycles. The van der Waals surface area contributed by atoms with E-state index in [-0.39, 0.29) is 0 Å². The summed E-state index contributed by atoms with van der Waals surface area (Å²) in [6.45, 7) is 2.42. The molecule has 0 aliphatic heterocycles. The van der Waals surface area contributed by atoms with Gasteiger partial charge in [0.25, 0.3) is 0 Å². The second kappa shape index (κ2) is 5.87. The zero-order valence-electron chi connectivity index (χ0n) is 10.5. The Kier molecular flexibility index (Phi) is 3.99. The number of nitrogens with one attached hydrogen (secondary N) is 1. The summed E-state index contributed by atoms with van der Waals surface area (Å²) in [6.07, 6.45) is 0. The van der Waals surface area contributed by atoms with E-state index in [1.165, 1.54) is 12.1 Å². The fraction of sp³-hybridized carbons (Fsp3) is 0.133. The third kappa shape index (κ3) is 3.02. The van der Waals surface area contributed by atoms with Crippen molar-refractivity contribution >= 4 is 11.4 Å². The lowest BCUT2D eigenvalue weighted by molar-refractivity contribution is 0.342. The number of hydrogen-bond donors (Lipinski definition) is 1. The second-order valence-electron chi connectivity index (χ2n) is 3.86. The van der Waals surface area contributed by atoms with E-state index in [9.17, 15) is 4.39 Å². The smallest absolute Gasteiger partial charge is 0.147 e. The van der Waals surface area contributed by atoms with Gasteiger partial charge in [-0.2, -0.15) is 5.26 Å². The predicted octanol–water partition coefficient (Wildman–Crippen LogP) is 3.84. The van der Waals surface area contributed by atoms with Crippen LogP contribution in [0.1, 0.15) is 12.5 Å². The summed E-state index contributed by atoms with van der Waals surface area (Å²) >= 11 is 0. The molecule has 0 aromatic heterocycles. The molecule has 0 heterocycles. The van der Waals surface area contributed by atoms with Crippen molar-refractivity contribution in [2.24, 2.45) is 0 Å². The lowest BCUT2D eigenvalue weighted by atomic mass is 10.2. The Hall–Kier alpha value is -2.54. The van der Waals surface area contributed by atoms with Crippen molar-refractivity contribution in [3.8, 4) is 11.8 Å². The molecule has 2 aromatic carbocycles. The summed E-state index contributed by atoms with van der Waals surface area (Å²) in [4.78, 5) is 0. The molecule has 0 saturated carbocycles. The minimum absolute atomic E-state index is 0.293. The Labute approximate surface area is 111 Å². The van der Waals surface area contributed by atoms with E-state index in [1.807, 2.05) is 37.3 Å². The fourth-order valence-electron chi connectivity index (χ4n) is 1.68. The van der Waals surface area contributed by atoms with Gasteiger partial charge in [0.15, 0.2) is 0 Å². The molecule has 19 heavy (non-hydrogen) atoms. The molecule has 0 radical (unpaired) electrons. The lowest BCUT2D eigenvalue weighted by Gasteiger charge is -2.12. The molecule has 2 rings (SSSR count). The fourth-order valence-corrected chi connectivity index (χ4v) is 1.68. The highest BCUT2D eigenvalue weighted by Gasteiger charge is 2.07. The van der Waals surface area contributed by atoms with E-state index in [1.54, 1.807) is 6.07 Å². The molecule has 0 atom stereocenters. The van der Waals surface area contributed by atoms with Gasteiger partial charge in [-0.05, 0) is 37.3 Å². The first kappa shape index (κ1) is 12.9. The van der Waals surface area contributed by atoms with E-state index in [4.69, 9.17) is 10.00 Å². The van der Waals surface area contributed by atoms with Crippen LogP contribution in [0.3, 0.4) is 0 Å². The molecular formula is C15H13FN2O. The van der Waals surface area contributed by atoms with Gasteiger partial charge in [0.2, 0.25) is 0 Å². The molecule has 0 aliphatic rings. The van der Waals surface area contributed by atoms with Gasteiger partial charge in [0.1, 0.15) is 11.6 Å². The number of benzene rings is 2. The first-order valence-electron chi connectivity index (χ1n) is 5.93. The number of para-hydroxylation sites is 2. The van der Waals surface area contributed by atoms with Gasteiger partial charge < -0.3 is 10.1 Å². The number of nitriles is 1. The molecular weight excluding hydrogens is 243 g/mol. The largest absolute Gasteiger partial charge is 0.492 e. The summed E-state index contributed by atoms with van der Waals surface area (Å²) in [5, 5.41) is 11.7. The Bertz CT molecular complexity index is 620. The number of anilines is 2. The molecule has 4 heteroatoms. The second-order valence-corrected chi connectivity index (χ2v) is 3.86. The Morgan fingerprint density at radius 1 is 1.21 bits per heavy atom. The van der Waals surface area contributed by atoms with Crippen LogP contribution in [0.5, 0.6) is 5.75 Å². The molecule has 0 unspecified atom stereocenters. The highest BCUT2D eigenvalue weighted by Crippen LogP contribution is 2.28. The van der Waals surface area contributed by atoms with Gasteiger partial charge in [-0.3, -0.25) is 0 Å². The van der Waals surface area contributed by atoms with Gasteiger partial charge >= 0.3 is 0 Å². The molecule has 1 N–H and O–H groups in total. The summed E-state index contributed by atoms with van der Waals surface area (Å²) in [5.41, 5.74) is 1.29. The van der Waals surface area contributed by atoms with Crippen LogP contribution in [0.15, 0.2) is 42.5 Å². The number of rotatable bonds is 4. The van der Waals surface area contributed by atoms with Crippen LogP contribution < -0.4 is 10.1 Å². The molecule has 0 amide bonds. The van der Waals surface area contributed by atoms with Crippen molar-refractivity contribution in [3.05, 3.63) is 53.8 Å². The minimum Gasteiger partial charge on any atom is -0.492 e. The number of nitrogens with zero attached hydrogens (tertiary/aromatic N) is 1. The van der Waals surface area contributed by atoms with Crippen molar-refractivity contribution in [3.63, 3.8) is 0 Å². The third-order valence-corrected chi connectivity index (χ3v) is 2.55. The monoisotopic (exact) mass is 256 g/mol. The van der Waals surface area contributed by atoms with Crippen LogP contribution in [0.2, 0.25) is 0 Å². The van der Waals surface area contributed by atoms with Gasteiger partial charge in [0, 0.05) is 0 Å². The minimum atomic E-state index is -0.467. The van der Waals surface area contributed by atoms with Crippen molar-refractivity contribution in [1.29, 1.82) is 5.26 Å². The lowest BCUT2D eigenvalue weighted by Crippen LogP contribution is -1.99. The molecule has 0 bridgehead atoms. The zero-order valence-corrected chi connectivity index (χ0v) is 10.5. The summed E-state index contributed by atoms with van der Waals surface area (Å²) in [6, 6.07) is 13.5. The molecule has 0 saturated heterocycles. The van der Waals surface area contributed by atoms with Crippen molar-refractivity contribution in [1.82, 2.24) is 0 Å². The Morgan fingerprint density at radius 2 is 2.00 bits per heavy atom. The first-order chi connectivity index (χ1) is 9.24. The quantitative estimate of drug-likeness (QED) is 0.903. The van der Waals surface area contributed by atoms with Crippen LogP contribution in [0, 0.1) is 17.1 Å². The van der Waals surface area contributed by atoms with Crippen LogP contribution in [-0.2, 0) is 0 Å². The highest BCUT2D eigenvalue weighted by molar-refractivity contribution is 5.67. The van der Waals surface area contributed by atoms with E-state index in [2.05, 4.69) is 5.32 Å². The maximum absolute atomic E-state index is 13.8. The Morgan fingerprint density at radius 3 is 2.68 bits per heavy atom. The maximum atomic E-state index is 13.8. The number of ether oxygens (including phenoxy) is 1. The van der Waals surface area contributed by atoms with Gasteiger partial charge in [-0.1, -0.05) is 12.1 Å². The predicted molar refractivity (Wildman–Crippen MR) is 72.0 cm³/mol. The molecule has 2 aromatic rings.